The van der Waals surface area contributed by atoms with Gasteiger partial charge in [0.1, 0.15) is 6.10 Å². The number of amides is 1. The first-order valence-corrected chi connectivity index (χ1v) is 15.0. The molecule has 1 amide bonds. The maximum absolute atomic E-state index is 12.4. The highest BCUT2D eigenvalue weighted by Crippen LogP contribution is 2.59. The van der Waals surface area contributed by atoms with E-state index in [0.29, 0.717) is 25.4 Å². The first kappa shape index (κ1) is 27.3. The van der Waals surface area contributed by atoms with Crippen molar-refractivity contribution in [2.75, 3.05) is 13.1 Å². The number of hydrogen-bond donors (Lipinski definition) is 3. The number of rotatable bonds is 10. The van der Waals surface area contributed by atoms with Crippen LogP contribution in [0.15, 0.2) is 16.6 Å². The highest BCUT2D eigenvalue weighted by Gasteiger charge is 2.51. The Balaban J connectivity index is 1.40. The zero-order valence-electron chi connectivity index (χ0n) is 23.1. The number of carbonyl (C=O) groups excluding carboxylic acids is 1. The summed E-state index contributed by atoms with van der Waals surface area (Å²) in [5.74, 6) is 6.75. The first-order chi connectivity index (χ1) is 17.3. The number of aliphatic imine (C=N–C) groups is 1. The summed E-state index contributed by atoms with van der Waals surface area (Å²) in [6.07, 6.45) is 17.5. The van der Waals surface area contributed by atoms with E-state index in [-0.39, 0.29) is 18.2 Å². The Bertz CT molecular complexity index is 790. The van der Waals surface area contributed by atoms with Gasteiger partial charge in [0.2, 0.25) is 0 Å². The predicted octanol–water partition coefficient (Wildman–Crippen LogP) is 6.01. The molecule has 6 nitrogen and oxygen atoms in total. The normalized spacial score (nSPS) is 34.1. The van der Waals surface area contributed by atoms with Gasteiger partial charge in [-0.25, -0.2) is 4.79 Å². The minimum Gasteiger partial charge on any atom is -0.446 e. The summed E-state index contributed by atoms with van der Waals surface area (Å²) in [5, 5.41) is 2.87. The molecular formula is C30H52N4O2. The molecule has 8 atom stereocenters. The van der Waals surface area contributed by atoms with E-state index in [1.54, 1.807) is 5.57 Å². The molecule has 6 heteroatoms. The van der Waals surface area contributed by atoms with Crippen LogP contribution in [0.1, 0.15) is 97.8 Å². The highest BCUT2D eigenvalue weighted by atomic mass is 16.6. The van der Waals surface area contributed by atoms with Crippen molar-refractivity contribution in [1.82, 2.24) is 5.32 Å². The van der Waals surface area contributed by atoms with E-state index in [1.807, 2.05) is 0 Å². The Morgan fingerprint density at radius 1 is 1.06 bits per heavy atom. The van der Waals surface area contributed by atoms with E-state index in [2.05, 4.69) is 37.2 Å². The molecule has 36 heavy (non-hydrogen) atoms. The molecule has 0 aromatic rings. The van der Waals surface area contributed by atoms with E-state index in [9.17, 15) is 4.79 Å². The number of nitrogens with zero attached hydrogens (tertiary/aromatic N) is 1. The van der Waals surface area contributed by atoms with Crippen LogP contribution in [0.5, 0.6) is 0 Å². The molecule has 4 aliphatic carbocycles. The van der Waals surface area contributed by atoms with Crippen LogP contribution in [0.2, 0.25) is 0 Å². The summed E-state index contributed by atoms with van der Waals surface area (Å²) >= 11 is 0. The van der Waals surface area contributed by atoms with Crippen molar-refractivity contribution in [2.45, 2.75) is 104 Å². The number of alkyl carbamates (subject to hydrolysis) is 1. The Morgan fingerprint density at radius 2 is 1.89 bits per heavy atom. The molecule has 204 valence electrons. The van der Waals surface area contributed by atoms with E-state index in [4.69, 9.17) is 16.2 Å². The average molecular weight is 501 g/mol. The van der Waals surface area contributed by atoms with Gasteiger partial charge in [-0.05, 0) is 85.9 Å². The molecule has 0 heterocycles. The van der Waals surface area contributed by atoms with Gasteiger partial charge in [-0.15, -0.1) is 0 Å². The third kappa shape index (κ3) is 6.77. The van der Waals surface area contributed by atoms with Crippen LogP contribution in [-0.2, 0) is 4.74 Å². The monoisotopic (exact) mass is 500 g/mol. The summed E-state index contributed by atoms with van der Waals surface area (Å²) in [6.45, 7) is 8.27. The molecule has 4 rings (SSSR count). The van der Waals surface area contributed by atoms with Gasteiger partial charge < -0.3 is 21.5 Å². The van der Waals surface area contributed by atoms with Gasteiger partial charge in [0, 0.05) is 19.5 Å². The number of ether oxygens (including phenoxy) is 1. The molecule has 3 saturated carbocycles. The molecule has 4 aliphatic rings. The number of nitrogens with two attached hydrogens (primary N) is 2. The minimum atomic E-state index is -0.303. The fourth-order valence-electron chi connectivity index (χ4n) is 8.35. The van der Waals surface area contributed by atoms with Crippen LogP contribution in [0.3, 0.4) is 0 Å². The second-order valence-electron chi connectivity index (χ2n) is 12.8. The largest absolute Gasteiger partial charge is 0.446 e. The van der Waals surface area contributed by atoms with Crippen molar-refractivity contribution in [3.63, 3.8) is 0 Å². The smallest absolute Gasteiger partial charge is 0.407 e. The van der Waals surface area contributed by atoms with Crippen molar-refractivity contribution in [3.8, 4) is 0 Å². The zero-order chi connectivity index (χ0) is 25.7. The van der Waals surface area contributed by atoms with Gasteiger partial charge in [0.05, 0.1) is 0 Å². The van der Waals surface area contributed by atoms with Gasteiger partial charge in [0.25, 0.3) is 0 Å². The molecule has 7 unspecified atom stereocenters. The average Bonchev–Trinajstić information content (AvgIpc) is 3.31. The number of guanidine groups is 1. The van der Waals surface area contributed by atoms with Gasteiger partial charge >= 0.3 is 6.09 Å². The van der Waals surface area contributed by atoms with Crippen LogP contribution < -0.4 is 16.8 Å². The topological polar surface area (TPSA) is 103 Å². The Kier molecular flexibility index (Phi) is 9.63. The van der Waals surface area contributed by atoms with E-state index in [0.717, 1.165) is 54.3 Å². The lowest BCUT2D eigenvalue weighted by Gasteiger charge is -2.53. The van der Waals surface area contributed by atoms with Gasteiger partial charge in [-0.2, -0.15) is 0 Å². The predicted molar refractivity (Wildman–Crippen MR) is 147 cm³/mol. The third-order valence-electron chi connectivity index (χ3n) is 9.95. The third-order valence-corrected chi connectivity index (χ3v) is 9.95. The molecule has 3 fully saturated rings. The zero-order valence-corrected chi connectivity index (χ0v) is 23.1. The second-order valence-corrected chi connectivity index (χ2v) is 12.8. The summed E-state index contributed by atoms with van der Waals surface area (Å²) in [6, 6.07) is 0. The second kappa shape index (κ2) is 12.7. The van der Waals surface area contributed by atoms with E-state index >= 15 is 0 Å². The van der Waals surface area contributed by atoms with Crippen LogP contribution in [0.25, 0.3) is 0 Å². The van der Waals surface area contributed by atoms with Crippen LogP contribution in [-0.4, -0.2) is 31.2 Å². The Morgan fingerprint density at radius 3 is 2.67 bits per heavy atom. The number of nitrogens with one attached hydrogen (secondary N) is 1. The fourth-order valence-corrected chi connectivity index (χ4v) is 8.35. The van der Waals surface area contributed by atoms with Gasteiger partial charge in [0.15, 0.2) is 5.96 Å². The van der Waals surface area contributed by atoms with Crippen molar-refractivity contribution < 1.29 is 9.53 Å². The summed E-state index contributed by atoms with van der Waals surface area (Å²) in [7, 11) is 0. The molecule has 0 bridgehead atoms. The van der Waals surface area contributed by atoms with E-state index in [1.165, 1.54) is 57.8 Å². The van der Waals surface area contributed by atoms with Crippen LogP contribution in [0, 0.1) is 47.3 Å². The molecule has 5 N–H and O–H groups in total. The number of allylic oxidation sites excluding steroid dienone is 1. The SMILES string of the molecule is CC(C)CCC[C@@H](C)C1C=C2CC(OC(=O)NCCCN=C(N)N)CCC2C2CCC3CCCC3C21. The van der Waals surface area contributed by atoms with Gasteiger partial charge in [-0.1, -0.05) is 64.5 Å². The molecule has 0 aliphatic heterocycles. The van der Waals surface area contributed by atoms with Crippen LogP contribution >= 0.6 is 0 Å². The molecule has 0 aromatic heterocycles. The molecular weight excluding hydrogens is 448 g/mol. The maximum Gasteiger partial charge on any atom is 0.407 e. The maximum atomic E-state index is 12.4. The first-order valence-electron chi connectivity index (χ1n) is 15.0. The number of fused-ring (bicyclic) bond motifs is 5. The standard InChI is InChI=1S/C30H52N4O2/c1-19(2)7-4-8-20(3)27-18-22-17-23(36-30(35)34-16-6-15-33-29(31)32)12-14-24(22)26-13-11-21-9-5-10-25(21)28(26)27/h18-21,23-28H,4-17H2,1-3H3,(H,34,35)(H4,31,32,33)/t20-,21?,23?,24?,25?,26?,27?,28?/m1/s1. The van der Waals surface area contributed by atoms with E-state index < -0.39 is 0 Å². The van der Waals surface area contributed by atoms with Crippen molar-refractivity contribution in [2.24, 2.45) is 63.8 Å². The summed E-state index contributed by atoms with van der Waals surface area (Å²) < 4.78 is 5.88. The lowest BCUT2D eigenvalue weighted by atomic mass is 9.52. The lowest BCUT2D eigenvalue weighted by Crippen LogP contribution is -2.46. The quantitative estimate of drug-likeness (QED) is 0.148. The highest BCUT2D eigenvalue weighted by molar-refractivity contribution is 5.75. The lowest BCUT2D eigenvalue weighted by molar-refractivity contribution is -0.00123. The molecule has 0 saturated heterocycles. The minimum absolute atomic E-state index is 0.00136. The van der Waals surface area contributed by atoms with Crippen LogP contribution in [0.4, 0.5) is 4.79 Å². The van der Waals surface area contributed by atoms with Crippen molar-refractivity contribution >= 4 is 12.1 Å². The Hall–Kier alpha value is -1.72. The molecule has 0 radical (unpaired) electrons. The summed E-state index contributed by atoms with van der Waals surface area (Å²) in [5.41, 5.74) is 12.3. The number of hydrogen-bond acceptors (Lipinski definition) is 3. The molecule has 0 aromatic carbocycles. The molecule has 0 spiro atoms. The van der Waals surface area contributed by atoms with Crippen molar-refractivity contribution in [1.29, 1.82) is 0 Å². The Labute approximate surface area is 219 Å². The fraction of sp³-hybridized carbons (Fsp3) is 0.867. The number of carbonyl (C=O) groups is 1. The van der Waals surface area contributed by atoms with Crippen molar-refractivity contribution in [3.05, 3.63) is 11.6 Å². The summed E-state index contributed by atoms with van der Waals surface area (Å²) in [4.78, 5) is 16.4. The van der Waals surface area contributed by atoms with Gasteiger partial charge in [-0.3, -0.25) is 4.99 Å².